The number of benzene rings is 3. The van der Waals surface area contributed by atoms with E-state index < -0.39 is 0 Å². The summed E-state index contributed by atoms with van der Waals surface area (Å²) in [7, 11) is 1.65. The molecule has 3 aromatic carbocycles. The van der Waals surface area contributed by atoms with Crippen LogP contribution in [-0.2, 0) is 6.42 Å². The molecule has 0 saturated carbocycles. The van der Waals surface area contributed by atoms with E-state index >= 15 is 0 Å². The van der Waals surface area contributed by atoms with E-state index in [9.17, 15) is 9.59 Å². The van der Waals surface area contributed by atoms with Gasteiger partial charge in [-0.1, -0.05) is 30.7 Å². The zero-order valence-electron chi connectivity index (χ0n) is 20.8. The van der Waals surface area contributed by atoms with Gasteiger partial charge in [0.15, 0.2) is 5.78 Å². The topological polar surface area (TPSA) is 70.7 Å². The van der Waals surface area contributed by atoms with Crippen LogP contribution in [0.15, 0.2) is 60.7 Å². The first-order valence-electron chi connectivity index (χ1n) is 12.8. The number of carbonyl (C=O) groups is 2. The molecule has 0 spiro atoms. The Morgan fingerprint density at radius 2 is 1.69 bits per heavy atom. The van der Waals surface area contributed by atoms with Crippen LogP contribution in [0.4, 0.5) is 11.4 Å². The fourth-order valence-electron chi connectivity index (χ4n) is 5.29. The molecule has 6 heteroatoms. The predicted octanol–water partition coefficient (Wildman–Crippen LogP) is 5.64. The quantitative estimate of drug-likeness (QED) is 0.434. The summed E-state index contributed by atoms with van der Waals surface area (Å²) in [5, 5.41) is 6.43. The van der Waals surface area contributed by atoms with Gasteiger partial charge < -0.3 is 20.3 Å². The van der Waals surface area contributed by atoms with Gasteiger partial charge in [-0.2, -0.15) is 0 Å². The van der Waals surface area contributed by atoms with Crippen LogP contribution in [0.5, 0.6) is 5.75 Å². The van der Waals surface area contributed by atoms with Crippen molar-refractivity contribution in [3.8, 4) is 16.9 Å². The zero-order chi connectivity index (χ0) is 24.9. The summed E-state index contributed by atoms with van der Waals surface area (Å²) in [6.07, 6.45) is 5.03. The maximum Gasteiger partial charge on any atom is 0.255 e. The molecule has 6 nitrogen and oxygen atoms in total. The zero-order valence-corrected chi connectivity index (χ0v) is 20.8. The van der Waals surface area contributed by atoms with Crippen LogP contribution in [0.2, 0.25) is 0 Å². The Hall–Kier alpha value is -3.64. The number of ether oxygens (including phenoxy) is 1. The Labute approximate surface area is 212 Å². The number of methoxy groups -OCH3 is 1. The molecule has 0 radical (unpaired) electrons. The average Bonchev–Trinajstić information content (AvgIpc) is 3.32. The molecule has 36 heavy (non-hydrogen) atoms. The summed E-state index contributed by atoms with van der Waals surface area (Å²) < 4.78 is 5.54. The molecule has 1 amide bonds. The number of nitrogens with zero attached hydrogens (tertiary/aromatic N) is 1. The van der Waals surface area contributed by atoms with Crippen molar-refractivity contribution in [1.29, 1.82) is 0 Å². The highest BCUT2D eigenvalue weighted by molar-refractivity contribution is 6.12. The number of fused-ring (bicyclic) bond motifs is 1. The molecule has 2 aliphatic rings. The summed E-state index contributed by atoms with van der Waals surface area (Å²) in [5.41, 5.74) is 5.64. The fraction of sp³-hybridized carbons (Fsp3) is 0.333. The third kappa shape index (κ3) is 5.14. The lowest BCUT2D eigenvalue weighted by atomic mass is 9.95. The van der Waals surface area contributed by atoms with Crippen LogP contribution in [0, 0.1) is 0 Å². The molecule has 0 aromatic heterocycles. The average molecular weight is 484 g/mol. The molecule has 0 atom stereocenters. The van der Waals surface area contributed by atoms with Gasteiger partial charge in [0, 0.05) is 41.9 Å². The summed E-state index contributed by atoms with van der Waals surface area (Å²) >= 11 is 0. The molecule has 186 valence electrons. The second-order valence-corrected chi connectivity index (χ2v) is 9.50. The first kappa shape index (κ1) is 24.1. The first-order valence-corrected chi connectivity index (χ1v) is 12.8. The number of carbonyl (C=O) groups excluding carboxylic acids is 2. The third-order valence-corrected chi connectivity index (χ3v) is 7.19. The number of hydrogen-bond donors (Lipinski definition) is 2. The standard InChI is InChI=1S/C30H33N3O3/c1-36-28-8-4-3-7-24(28)23-13-15-26(29-25(23)14-16-27(29)34)32-30(35)21-9-11-22(12-10-21)31-17-20-33-18-5-2-6-19-33/h3-4,7-13,15,31H,2,5-6,14,16-20H2,1H3,(H,32,35). The van der Waals surface area contributed by atoms with E-state index in [1.54, 1.807) is 7.11 Å². The molecule has 5 rings (SSSR count). The number of amides is 1. The lowest BCUT2D eigenvalue weighted by molar-refractivity contribution is 0.0995. The van der Waals surface area contributed by atoms with Gasteiger partial charge in [0.05, 0.1) is 12.8 Å². The van der Waals surface area contributed by atoms with Crippen molar-refractivity contribution < 1.29 is 14.3 Å². The third-order valence-electron chi connectivity index (χ3n) is 7.19. The number of Topliss-reactive ketones (excluding diaryl/α,β-unsaturated/α-hetero) is 1. The number of para-hydroxylation sites is 1. The molecule has 1 heterocycles. The molecule has 1 aliphatic carbocycles. The van der Waals surface area contributed by atoms with Crippen molar-refractivity contribution in [2.24, 2.45) is 0 Å². The summed E-state index contributed by atoms with van der Waals surface area (Å²) in [4.78, 5) is 28.3. The van der Waals surface area contributed by atoms with Crippen LogP contribution in [0.1, 0.15) is 52.0 Å². The van der Waals surface area contributed by atoms with E-state index in [-0.39, 0.29) is 11.7 Å². The van der Waals surface area contributed by atoms with Crippen LogP contribution in [0.3, 0.4) is 0 Å². The first-order chi connectivity index (χ1) is 17.6. The van der Waals surface area contributed by atoms with Gasteiger partial charge >= 0.3 is 0 Å². The van der Waals surface area contributed by atoms with E-state index in [2.05, 4.69) is 15.5 Å². The lowest BCUT2D eigenvalue weighted by Crippen LogP contribution is -2.33. The van der Waals surface area contributed by atoms with E-state index in [0.29, 0.717) is 29.7 Å². The molecule has 1 fully saturated rings. The number of rotatable bonds is 8. The minimum absolute atomic E-state index is 0.0605. The van der Waals surface area contributed by atoms with E-state index in [4.69, 9.17) is 4.74 Å². The van der Waals surface area contributed by atoms with Crippen molar-refractivity contribution in [2.75, 3.05) is 43.9 Å². The Balaban J connectivity index is 1.28. The minimum atomic E-state index is -0.221. The Bertz CT molecular complexity index is 1250. The highest BCUT2D eigenvalue weighted by atomic mass is 16.5. The molecular formula is C30H33N3O3. The molecule has 0 bridgehead atoms. The number of piperidine rings is 1. The van der Waals surface area contributed by atoms with Gasteiger partial charge in [0.2, 0.25) is 0 Å². The SMILES string of the molecule is COc1ccccc1-c1ccc(NC(=O)c2ccc(NCCN3CCCCC3)cc2)c2c1CCC2=O. The maximum atomic E-state index is 13.0. The molecule has 1 saturated heterocycles. The Morgan fingerprint density at radius 3 is 2.47 bits per heavy atom. The fourth-order valence-corrected chi connectivity index (χ4v) is 5.29. The normalized spacial score (nSPS) is 15.4. The number of anilines is 2. The molecule has 1 aliphatic heterocycles. The van der Waals surface area contributed by atoms with Gasteiger partial charge in [-0.15, -0.1) is 0 Å². The van der Waals surface area contributed by atoms with E-state index in [1.807, 2.05) is 60.7 Å². The van der Waals surface area contributed by atoms with Crippen molar-refractivity contribution in [3.05, 3.63) is 77.4 Å². The van der Waals surface area contributed by atoms with Crippen LogP contribution >= 0.6 is 0 Å². The summed E-state index contributed by atoms with van der Waals surface area (Å²) in [6.45, 7) is 4.30. The van der Waals surface area contributed by atoms with Crippen LogP contribution in [-0.4, -0.2) is 49.9 Å². The molecule has 3 aromatic rings. The van der Waals surface area contributed by atoms with Gasteiger partial charge in [-0.25, -0.2) is 0 Å². The predicted molar refractivity (Wildman–Crippen MR) is 144 cm³/mol. The second-order valence-electron chi connectivity index (χ2n) is 9.50. The van der Waals surface area contributed by atoms with Crippen LogP contribution < -0.4 is 15.4 Å². The van der Waals surface area contributed by atoms with Crippen LogP contribution in [0.25, 0.3) is 11.1 Å². The number of ketones is 1. The Kier molecular flexibility index (Phi) is 7.33. The highest BCUT2D eigenvalue weighted by Gasteiger charge is 2.28. The van der Waals surface area contributed by atoms with Crippen molar-refractivity contribution in [2.45, 2.75) is 32.1 Å². The van der Waals surface area contributed by atoms with Crippen molar-refractivity contribution in [1.82, 2.24) is 4.90 Å². The highest BCUT2D eigenvalue weighted by Crippen LogP contribution is 2.40. The summed E-state index contributed by atoms with van der Waals surface area (Å²) in [6, 6.07) is 19.1. The minimum Gasteiger partial charge on any atom is -0.496 e. The van der Waals surface area contributed by atoms with Gasteiger partial charge in [-0.05, 0) is 79.9 Å². The molecule has 0 unspecified atom stereocenters. The molecule has 2 N–H and O–H groups in total. The number of likely N-dealkylation sites (tertiary alicyclic amines) is 1. The van der Waals surface area contributed by atoms with Gasteiger partial charge in [-0.3, -0.25) is 9.59 Å². The van der Waals surface area contributed by atoms with E-state index in [1.165, 1.54) is 32.4 Å². The van der Waals surface area contributed by atoms with Crippen molar-refractivity contribution >= 4 is 23.1 Å². The Morgan fingerprint density at radius 1 is 0.917 bits per heavy atom. The van der Waals surface area contributed by atoms with Gasteiger partial charge in [0.1, 0.15) is 5.75 Å². The summed E-state index contributed by atoms with van der Waals surface area (Å²) in [5.74, 6) is 0.604. The molecular weight excluding hydrogens is 450 g/mol. The maximum absolute atomic E-state index is 13.0. The number of hydrogen-bond acceptors (Lipinski definition) is 5. The number of nitrogens with one attached hydrogen (secondary N) is 2. The van der Waals surface area contributed by atoms with Gasteiger partial charge in [0.25, 0.3) is 5.91 Å². The second kappa shape index (κ2) is 11.0. The smallest absolute Gasteiger partial charge is 0.255 e. The monoisotopic (exact) mass is 483 g/mol. The van der Waals surface area contributed by atoms with E-state index in [0.717, 1.165) is 41.2 Å². The lowest BCUT2D eigenvalue weighted by Gasteiger charge is -2.26. The van der Waals surface area contributed by atoms with Crippen molar-refractivity contribution in [3.63, 3.8) is 0 Å². The largest absolute Gasteiger partial charge is 0.496 e.